The van der Waals surface area contributed by atoms with Gasteiger partial charge in [-0.1, -0.05) is 17.7 Å². The quantitative estimate of drug-likeness (QED) is 0.589. The lowest BCUT2D eigenvalue weighted by Crippen LogP contribution is -2.30. The Kier molecular flexibility index (Phi) is 6.80. The van der Waals surface area contributed by atoms with Crippen LogP contribution in [0.4, 0.5) is 0 Å². The SMILES string of the molecule is COC(=O)CC(NC(=O)c1ccc(Cl)nc1)c1ccc(OC)c(OC)c1. The van der Waals surface area contributed by atoms with E-state index >= 15 is 0 Å². The molecule has 1 amide bonds. The Morgan fingerprint density at radius 2 is 1.85 bits per heavy atom. The molecule has 0 aliphatic heterocycles. The number of carbonyl (C=O) groups excluding carboxylic acids is 2. The first-order chi connectivity index (χ1) is 12.5. The topological polar surface area (TPSA) is 86.8 Å². The highest BCUT2D eigenvalue weighted by Crippen LogP contribution is 2.31. The van der Waals surface area contributed by atoms with E-state index in [2.05, 4.69) is 10.3 Å². The van der Waals surface area contributed by atoms with Crippen molar-refractivity contribution in [1.82, 2.24) is 10.3 Å². The van der Waals surface area contributed by atoms with Gasteiger partial charge < -0.3 is 19.5 Å². The Morgan fingerprint density at radius 3 is 2.42 bits per heavy atom. The molecular formula is C18H19ClN2O5. The molecule has 138 valence electrons. The number of rotatable bonds is 7. The smallest absolute Gasteiger partial charge is 0.307 e. The van der Waals surface area contributed by atoms with Crippen LogP contribution >= 0.6 is 11.6 Å². The average Bonchev–Trinajstić information content (AvgIpc) is 2.67. The Morgan fingerprint density at radius 1 is 1.12 bits per heavy atom. The fourth-order valence-corrected chi connectivity index (χ4v) is 2.44. The summed E-state index contributed by atoms with van der Waals surface area (Å²) in [4.78, 5) is 28.1. The first kappa shape index (κ1) is 19.5. The molecule has 0 fully saturated rings. The molecule has 1 unspecified atom stereocenters. The lowest BCUT2D eigenvalue weighted by molar-refractivity contribution is -0.141. The summed E-state index contributed by atoms with van der Waals surface area (Å²) in [5, 5.41) is 3.09. The highest BCUT2D eigenvalue weighted by molar-refractivity contribution is 6.29. The summed E-state index contributed by atoms with van der Waals surface area (Å²) in [5.41, 5.74) is 0.994. The largest absolute Gasteiger partial charge is 0.493 e. The maximum absolute atomic E-state index is 12.5. The van der Waals surface area contributed by atoms with E-state index in [1.807, 2.05) is 0 Å². The standard InChI is InChI=1S/C18H19ClN2O5/c1-24-14-6-4-11(8-15(14)25-2)13(9-17(22)26-3)21-18(23)12-5-7-16(19)20-10-12/h4-8,10,13H,9H2,1-3H3,(H,21,23). The number of esters is 1. The molecule has 1 N–H and O–H groups in total. The number of aromatic nitrogens is 1. The van der Waals surface area contributed by atoms with Gasteiger partial charge in [-0.2, -0.15) is 0 Å². The van der Waals surface area contributed by atoms with Crippen LogP contribution in [0.25, 0.3) is 0 Å². The van der Waals surface area contributed by atoms with Crippen LogP contribution in [0, 0.1) is 0 Å². The van der Waals surface area contributed by atoms with Crippen molar-refractivity contribution in [1.29, 1.82) is 0 Å². The van der Waals surface area contributed by atoms with Crippen molar-refractivity contribution < 1.29 is 23.8 Å². The summed E-state index contributed by atoms with van der Waals surface area (Å²) in [5.74, 6) is 0.181. The second-order valence-electron chi connectivity index (χ2n) is 5.29. The molecule has 0 saturated heterocycles. The number of nitrogens with one attached hydrogen (secondary N) is 1. The molecule has 1 heterocycles. The van der Waals surface area contributed by atoms with Crippen molar-refractivity contribution in [3.8, 4) is 11.5 Å². The highest BCUT2D eigenvalue weighted by atomic mass is 35.5. The van der Waals surface area contributed by atoms with Gasteiger partial charge in [0.2, 0.25) is 0 Å². The van der Waals surface area contributed by atoms with Gasteiger partial charge in [0.15, 0.2) is 11.5 Å². The van der Waals surface area contributed by atoms with Crippen molar-refractivity contribution in [2.24, 2.45) is 0 Å². The third kappa shape index (κ3) is 4.86. The molecule has 0 saturated carbocycles. The fraction of sp³-hybridized carbons (Fsp3) is 0.278. The third-order valence-electron chi connectivity index (χ3n) is 3.70. The molecular weight excluding hydrogens is 360 g/mol. The van der Waals surface area contributed by atoms with Crippen molar-refractivity contribution in [2.75, 3.05) is 21.3 Å². The van der Waals surface area contributed by atoms with E-state index in [0.717, 1.165) is 0 Å². The Balaban J connectivity index is 2.29. The Hall–Kier alpha value is -2.80. The van der Waals surface area contributed by atoms with Crippen LogP contribution in [-0.4, -0.2) is 38.2 Å². The number of hydrogen-bond donors (Lipinski definition) is 1. The van der Waals surface area contributed by atoms with Crippen molar-refractivity contribution >= 4 is 23.5 Å². The minimum Gasteiger partial charge on any atom is -0.493 e. The molecule has 0 spiro atoms. The molecule has 0 aliphatic carbocycles. The Labute approximate surface area is 156 Å². The van der Waals surface area contributed by atoms with Gasteiger partial charge in [0, 0.05) is 6.20 Å². The lowest BCUT2D eigenvalue weighted by Gasteiger charge is -2.19. The first-order valence-corrected chi connectivity index (χ1v) is 8.07. The zero-order valence-electron chi connectivity index (χ0n) is 14.6. The molecule has 1 aromatic heterocycles. The summed E-state index contributed by atoms with van der Waals surface area (Å²) in [7, 11) is 4.33. The molecule has 2 aromatic rings. The van der Waals surface area contributed by atoms with Gasteiger partial charge in [0.25, 0.3) is 5.91 Å². The van der Waals surface area contributed by atoms with Gasteiger partial charge in [-0.3, -0.25) is 9.59 Å². The lowest BCUT2D eigenvalue weighted by atomic mass is 10.0. The molecule has 0 aliphatic rings. The van der Waals surface area contributed by atoms with E-state index in [-0.39, 0.29) is 11.6 Å². The summed E-state index contributed by atoms with van der Waals surface area (Å²) in [6.45, 7) is 0. The molecule has 8 heteroatoms. The fourth-order valence-electron chi connectivity index (χ4n) is 2.32. The van der Waals surface area contributed by atoms with Crippen molar-refractivity contribution in [3.63, 3.8) is 0 Å². The first-order valence-electron chi connectivity index (χ1n) is 7.69. The summed E-state index contributed by atoms with van der Waals surface area (Å²) < 4.78 is 15.2. The maximum atomic E-state index is 12.5. The van der Waals surface area contributed by atoms with Gasteiger partial charge in [-0.25, -0.2) is 4.98 Å². The van der Waals surface area contributed by atoms with E-state index in [1.54, 1.807) is 24.3 Å². The normalized spacial score (nSPS) is 11.4. The van der Waals surface area contributed by atoms with E-state index in [0.29, 0.717) is 22.6 Å². The van der Waals surface area contributed by atoms with Gasteiger partial charge in [0.05, 0.1) is 39.4 Å². The van der Waals surface area contributed by atoms with E-state index < -0.39 is 17.9 Å². The molecule has 7 nitrogen and oxygen atoms in total. The minimum atomic E-state index is -0.620. The van der Waals surface area contributed by atoms with E-state index in [9.17, 15) is 9.59 Å². The molecule has 2 rings (SSSR count). The molecule has 1 atom stereocenters. The highest BCUT2D eigenvalue weighted by Gasteiger charge is 2.21. The van der Waals surface area contributed by atoms with Crippen LogP contribution in [0.2, 0.25) is 5.15 Å². The van der Waals surface area contributed by atoms with Crippen molar-refractivity contribution in [2.45, 2.75) is 12.5 Å². The second-order valence-corrected chi connectivity index (χ2v) is 5.68. The number of hydrogen-bond acceptors (Lipinski definition) is 6. The van der Waals surface area contributed by atoms with Gasteiger partial charge in [-0.05, 0) is 29.8 Å². The number of carbonyl (C=O) groups is 2. The number of amides is 1. The van der Waals surface area contributed by atoms with E-state index in [1.165, 1.54) is 33.6 Å². The number of pyridine rings is 1. The van der Waals surface area contributed by atoms with Crippen LogP contribution in [0.5, 0.6) is 11.5 Å². The van der Waals surface area contributed by atoms with Crippen LogP contribution in [0.15, 0.2) is 36.5 Å². The van der Waals surface area contributed by atoms with Crippen LogP contribution in [0.1, 0.15) is 28.4 Å². The number of nitrogens with zero attached hydrogens (tertiary/aromatic N) is 1. The number of halogens is 1. The number of ether oxygens (including phenoxy) is 3. The molecule has 0 bridgehead atoms. The monoisotopic (exact) mass is 378 g/mol. The van der Waals surface area contributed by atoms with Gasteiger partial charge in [0.1, 0.15) is 5.15 Å². The summed E-state index contributed by atoms with van der Waals surface area (Å²) in [6, 6.07) is 7.60. The second kappa shape index (κ2) is 9.05. The van der Waals surface area contributed by atoms with Crippen LogP contribution in [0.3, 0.4) is 0 Å². The van der Waals surface area contributed by atoms with Gasteiger partial charge >= 0.3 is 5.97 Å². The molecule has 1 aromatic carbocycles. The summed E-state index contributed by atoms with van der Waals surface area (Å²) >= 11 is 5.74. The Bertz CT molecular complexity index is 780. The zero-order valence-corrected chi connectivity index (χ0v) is 15.4. The predicted octanol–water partition coefficient (Wildman–Crippen LogP) is 2.79. The van der Waals surface area contributed by atoms with Crippen LogP contribution < -0.4 is 14.8 Å². The number of methoxy groups -OCH3 is 3. The van der Waals surface area contributed by atoms with Crippen molar-refractivity contribution in [3.05, 3.63) is 52.8 Å². The average molecular weight is 379 g/mol. The minimum absolute atomic E-state index is 0.0429. The van der Waals surface area contributed by atoms with Gasteiger partial charge in [-0.15, -0.1) is 0 Å². The van der Waals surface area contributed by atoms with E-state index in [4.69, 9.17) is 25.8 Å². The number of benzene rings is 1. The molecule has 0 radical (unpaired) electrons. The summed E-state index contributed by atoms with van der Waals surface area (Å²) in [6.07, 6.45) is 1.32. The molecule has 26 heavy (non-hydrogen) atoms. The van der Waals surface area contributed by atoms with Crippen LogP contribution in [-0.2, 0) is 9.53 Å². The third-order valence-corrected chi connectivity index (χ3v) is 3.93. The maximum Gasteiger partial charge on any atom is 0.307 e. The predicted molar refractivity (Wildman–Crippen MR) is 95.6 cm³/mol. The zero-order chi connectivity index (χ0) is 19.1.